The van der Waals surface area contributed by atoms with Gasteiger partial charge in [-0.1, -0.05) is 13.8 Å². The summed E-state index contributed by atoms with van der Waals surface area (Å²) in [4.78, 5) is 0. The summed E-state index contributed by atoms with van der Waals surface area (Å²) in [5, 5.41) is 3.48. The monoisotopic (exact) mass is 250 g/mol. The number of methoxy groups -OCH3 is 1. The number of nitrogens with two attached hydrogens (primary N) is 1. The van der Waals surface area contributed by atoms with E-state index in [0.29, 0.717) is 0 Å². The van der Waals surface area contributed by atoms with Gasteiger partial charge in [-0.05, 0) is 55.5 Å². The molecule has 3 N–H and O–H groups in total. The predicted molar refractivity (Wildman–Crippen MR) is 78.4 cm³/mol. The standard InChI is InChI=1S/C15H26N2O/c1-11-12(2)14(18-5)7-6-13(11)17-9-8-15(3,4)10-16/h6-7,17H,8-10,16H2,1-5H3. The molecule has 0 unspecified atom stereocenters. The lowest BCUT2D eigenvalue weighted by Gasteiger charge is -2.23. The summed E-state index contributed by atoms with van der Waals surface area (Å²) in [6, 6.07) is 4.09. The largest absolute Gasteiger partial charge is 0.496 e. The average Bonchev–Trinajstić information content (AvgIpc) is 2.35. The van der Waals surface area contributed by atoms with Crippen molar-refractivity contribution in [3.8, 4) is 5.75 Å². The van der Waals surface area contributed by atoms with Crippen LogP contribution in [0.15, 0.2) is 12.1 Å². The highest BCUT2D eigenvalue weighted by Gasteiger charge is 2.15. The molecule has 102 valence electrons. The van der Waals surface area contributed by atoms with Crippen molar-refractivity contribution in [2.75, 3.05) is 25.5 Å². The molecule has 18 heavy (non-hydrogen) atoms. The number of ether oxygens (including phenoxy) is 1. The zero-order chi connectivity index (χ0) is 13.8. The molecule has 0 amide bonds. The Bertz CT molecular complexity index is 400. The van der Waals surface area contributed by atoms with E-state index in [4.69, 9.17) is 10.5 Å². The van der Waals surface area contributed by atoms with E-state index in [9.17, 15) is 0 Å². The predicted octanol–water partition coefficient (Wildman–Crippen LogP) is 3.10. The maximum absolute atomic E-state index is 5.73. The Labute approximate surface area is 111 Å². The second-order valence-corrected chi connectivity index (χ2v) is 5.61. The maximum Gasteiger partial charge on any atom is 0.122 e. The number of anilines is 1. The molecule has 0 aliphatic heterocycles. The summed E-state index contributed by atoms with van der Waals surface area (Å²) in [7, 11) is 1.71. The Kier molecular flexibility index (Phi) is 5.03. The lowest BCUT2D eigenvalue weighted by molar-refractivity contribution is 0.358. The van der Waals surface area contributed by atoms with Crippen LogP contribution in [0.1, 0.15) is 31.4 Å². The first kappa shape index (κ1) is 14.8. The summed E-state index contributed by atoms with van der Waals surface area (Å²) >= 11 is 0. The number of hydrogen-bond donors (Lipinski definition) is 2. The van der Waals surface area contributed by atoms with Crippen LogP contribution >= 0.6 is 0 Å². The summed E-state index contributed by atoms with van der Waals surface area (Å²) in [6.45, 7) is 10.3. The van der Waals surface area contributed by atoms with Crippen LogP contribution in [-0.4, -0.2) is 20.2 Å². The molecule has 0 heterocycles. The zero-order valence-electron chi connectivity index (χ0n) is 12.3. The minimum atomic E-state index is 0.197. The van der Waals surface area contributed by atoms with Gasteiger partial charge in [0.05, 0.1) is 7.11 Å². The fourth-order valence-electron chi connectivity index (χ4n) is 1.85. The molecule has 0 aliphatic carbocycles. The average molecular weight is 250 g/mol. The first-order valence-electron chi connectivity index (χ1n) is 6.49. The van der Waals surface area contributed by atoms with E-state index in [-0.39, 0.29) is 5.41 Å². The second kappa shape index (κ2) is 6.10. The number of nitrogens with one attached hydrogen (secondary N) is 1. The molecular weight excluding hydrogens is 224 g/mol. The van der Waals surface area contributed by atoms with E-state index in [2.05, 4.69) is 39.1 Å². The molecule has 1 aromatic carbocycles. The molecule has 3 heteroatoms. The van der Waals surface area contributed by atoms with Gasteiger partial charge in [0.25, 0.3) is 0 Å². The summed E-state index contributed by atoms with van der Waals surface area (Å²) in [5.41, 5.74) is 9.56. The van der Waals surface area contributed by atoms with Crippen molar-refractivity contribution in [2.45, 2.75) is 34.1 Å². The van der Waals surface area contributed by atoms with Gasteiger partial charge in [-0.25, -0.2) is 0 Å². The Morgan fingerprint density at radius 3 is 2.44 bits per heavy atom. The lowest BCUT2D eigenvalue weighted by atomic mass is 9.89. The second-order valence-electron chi connectivity index (χ2n) is 5.61. The van der Waals surface area contributed by atoms with Crippen LogP contribution in [0.3, 0.4) is 0 Å². The number of hydrogen-bond acceptors (Lipinski definition) is 3. The van der Waals surface area contributed by atoms with Crippen molar-refractivity contribution in [1.29, 1.82) is 0 Å². The summed E-state index contributed by atoms with van der Waals surface area (Å²) in [5.74, 6) is 0.945. The van der Waals surface area contributed by atoms with Gasteiger partial charge in [0.2, 0.25) is 0 Å². The first-order valence-corrected chi connectivity index (χ1v) is 6.49. The van der Waals surface area contributed by atoms with Gasteiger partial charge < -0.3 is 15.8 Å². The normalized spacial score (nSPS) is 11.4. The molecule has 1 rings (SSSR count). The molecule has 1 aromatic rings. The lowest BCUT2D eigenvalue weighted by Crippen LogP contribution is -2.26. The van der Waals surface area contributed by atoms with Crippen molar-refractivity contribution in [2.24, 2.45) is 11.1 Å². The van der Waals surface area contributed by atoms with Gasteiger partial charge in [-0.3, -0.25) is 0 Å². The molecule has 0 radical (unpaired) electrons. The topological polar surface area (TPSA) is 47.3 Å². The first-order chi connectivity index (χ1) is 8.41. The molecule has 0 aliphatic rings. The molecule has 0 spiro atoms. The van der Waals surface area contributed by atoms with E-state index < -0.39 is 0 Å². The quantitative estimate of drug-likeness (QED) is 0.815. The van der Waals surface area contributed by atoms with E-state index >= 15 is 0 Å². The summed E-state index contributed by atoms with van der Waals surface area (Å²) < 4.78 is 5.31. The Balaban J connectivity index is 2.66. The van der Waals surface area contributed by atoms with Crippen LogP contribution in [0.4, 0.5) is 5.69 Å². The van der Waals surface area contributed by atoms with Gasteiger partial charge in [0.1, 0.15) is 5.75 Å². The smallest absolute Gasteiger partial charge is 0.122 e. The number of rotatable bonds is 6. The maximum atomic E-state index is 5.73. The molecule has 0 fully saturated rings. The van der Waals surface area contributed by atoms with E-state index in [1.54, 1.807) is 7.11 Å². The van der Waals surface area contributed by atoms with Crippen molar-refractivity contribution in [1.82, 2.24) is 0 Å². The van der Waals surface area contributed by atoms with Crippen LogP contribution in [0.5, 0.6) is 5.75 Å². The highest BCUT2D eigenvalue weighted by atomic mass is 16.5. The molecule has 0 saturated heterocycles. The highest BCUT2D eigenvalue weighted by molar-refractivity contribution is 5.58. The molecule has 0 saturated carbocycles. The Morgan fingerprint density at radius 1 is 1.22 bits per heavy atom. The third-order valence-electron chi connectivity index (χ3n) is 3.63. The van der Waals surface area contributed by atoms with Gasteiger partial charge in [-0.2, -0.15) is 0 Å². The minimum Gasteiger partial charge on any atom is -0.496 e. The van der Waals surface area contributed by atoms with Gasteiger partial charge in [0, 0.05) is 12.2 Å². The highest BCUT2D eigenvalue weighted by Crippen LogP contribution is 2.27. The molecule has 3 nitrogen and oxygen atoms in total. The van der Waals surface area contributed by atoms with Crippen LogP contribution in [0.2, 0.25) is 0 Å². The minimum absolute atomic E-state index is 0.197. The van der Waals surface area contributed by atoms with E-state index in [1.807, 2.05) is 6.07 Å². The Hall–Kier alpha value is -1.22. The van der Waals surface area contributed by atoms with Gasteiger partial charge in [0.15, 0.2) is 0 Å². The Morgan fingerprint density at radius 2 is 1.89 bits per heavy atom. The van der Waals surface area contributed by atoms with Crippen LogP contribution in [0.25, 0.3) is 0 Å². The van der Waals surface area contributed by atoms with Crippen molar-refractivity contribution in [3.05, 3.63) is 23.3 Å². The fourth-order valence-corrected chi connectivity index (χ4v) is 1.85. The van der Waals surface area contributed by atoms with Crippen molar-refractivity contribution < 1.29 is 4.74 Å². The van der Waals surface area contributed by atoms with E-state index in [0.717, 1.165) is 25.3 Å². The fraction of sp³-hybridized carbons (Fsp3) is 0.600. The van der Waals surface area contributed by atoms with E-state index in [1.165, 1.54) is 16.8 Å². The molecule has 0 aromatic heterocycles. The third kappa shape index (κ3) is 3.64. The van der Waals surface area contributed by atoms with Gasteiger partial charge in [-0.15, -0.1) is 0 Å². The van der Waals surface area contributed by atoms with Crippen molar-refractivity contribution >= 4 is 5.69 Å². The van der Waals surface area contributed by atoms with Gasteiger partial charge >= 0.3 is 0 Å². The zero-order valence-corrected chi connectivity index (χ0v) is 12.3. The van der Waals surface area contributed by atoms with Crippen LogP contribution in [-0.2, 0) is 0 Å². The third-order valence-corrected chi connectivity index (χ3v) is 3.63. The van der Waals surface area contributed by atoms with Crippen LogP contribution in [0, 0.1) is 19.3 Å². The molecule has 0 bridgehead atoms. The summed E-state index contributed by atoms with van der Waals surface area (Å²) in [6.07, 6.45) is 1.06. The molecule has 0 atom stereocenters. The van der Waals surface area contributed by atoms with Crippen molar-refractivity contribution in [3.63, 3.8) is 0 Å². The molecular formula is C15H26N2O. The number of benzene rings is 1. The SMILES string of the molecule is COc1ccc(NCCC(C)(C)CN)c(C)c1C. The van der Waals surface area contributed by atoms with Crippen LogP contribution < -0.4 is 15.8 Å².